The third kappa shape index (κ3) is 2.42. The minimum absolute atomic E-state index is 0.163. The molecule has 2 fully saturated rings. The average Bonchev–Trinajstić information content (AvgIpc) is 2.45. The summed E-state index contributed by atoms with van der Waals surface area (Å²) >= 11 is 0. The number of rotatable bonds is 2. The molecule has 3 heteroatoms. The van der Waals surface area contributed by atoms with Gasteiger partial charge in [-0.3, -0.25) is 4.79 Å². The molecule has 2 aliphatic rings. The van der Waals surface area contributed by atoms with Crippen molar-refractivity contribution in [1.82, 2.24) is 4.90 Å². The normalized spacial score (nSPS) is 35.9. The van der Waals surface area contributed by atoms with E-state index in [0.717, 1.165) is 19.4 Å². The molecule has 2 N–H and O–H groups in total. The number of hydrogen-bond donors (Lipinski definition) is 1. The second-order valence-electron chi connectivity index (χ2n) is 7.95. The molecule has 0 aromatic rings. The van der Waals surface area contributed by atoms with Crippen molar-refractivity contribution >= 4 is 5.91 Å². The molecule has 1 aliphatic carbocycles. The zero-order valence-corrected chi connectivity index (χ0v) is 12.5. The van der Waals surface area contributed by atoms with E-state index < -0.39 is 0 Å². The topological polar surface area (TPSA) is 46.3 Å². The van der Waals surface area contributed by atoms with E-state index in [4.69, 9.17) is 5.73 Å². The molecule has 18 heavy (non-hydrogen) atoms. The van der Waals surface area contributed by atoms with Crippen LogP contribution in [0.25, 0.3) is 0 Å². The summed E-state index contributed by atoms with van der Waals surface area (Å²) in [6.07, 6.45) is 3.50. The van der Waals surface area contributed by atoms with Crippen LogP contribution < -0.4 is 5.73 Å². The van der Waals surface area contributed by atoms with Crippen molar-refractivity contribution in [2.75, 3.05) is 6.54 Å². The van der Waals surface area contributed by atoms with Crippen molar-refractivity contribution in [3.05, 3.63) is 0 Å². The van der Waals surface area contributed by atoms with E-state index in [0.29, 0.717) is 16.9 Å². The smallest absolute Gasteiger partial charge is 0.240 e. The number of nitrogens with zero attached hydrogens (tertiary/aromatic N) is 1. The van der Waals surface area contributed by atoms with E-state index in [2.05, 4.69) is 25.7 Å². The minimum atomic E-state index is -0.337. The maximum absolute atomic E-state index is 12.5. The first-order valence-electron chi connectivity index (χ1n) is 7.20. The van der Waals surface area contributed by atoms with Gasteiger partial charge >= 0.3 is 0 Å². The van der Waals surface area contributed by atoms with E-state index in [1.165, 1.54) is 6.42 Å². The highest BCUT2D eigenvalue weighted by molar-refractivity contribution is 5.82. The van der Waals surface area contributed by atoms with E-state index in [9.17, 15) is 4.79 Å². The van der Waals surface area contributed by atoms with Crippen LogP contribution in [0.2, 0.25) is 0 Å². The van der Waals surface area contributed by atoms with E-state index >= 15 is 0 Å². The molecule has 1 heterocycles. The van der Waals surface area contributed by atoms with Gasteiger partial charge in [-0.1, -0.05) is 34.6 Å². The number of amides is 1. The number of hydrogen-bond acceptors (Lipinski definition) is 2. The molecule has 1 saturated heterocycles. The fourth-order valence-corrected chi connectivity index (χ4v) is 4.19. The van der Waals surface area contributed by atoms with Crippen molar-refractivity contribution in [3.8, 4) is 0 Å². The van der Waals surface area contributed by atoms with Gasteiger partial charge < -0.3 is 10.6 Å². The maximum atomic E-state index is 12.5. The van der Waals surface area contributed by atoms with Gasteiger partial charge in [0.1, 0.15) is 0 Å². The van der Waals surface area contributed by atoms with E-state index in [1.54, 1.807) is 0 Å². The zero-order valence-electron chi connectivity index (χ0n) is 12.5. The molecule has 1 saturated carbocycles. The molecule has 0 radical (unpaired) electrons. The lowest BCUT2D eigenvalue weighted by atomic mass is 9.65. The van der Waals surface area contributed by atoms with E-state index in [1.807, 2.05) is 13.8 Å². The van der Waals surface area contributed by atoms with Crippen LogP contribution in [0, 0.1) is 16.7 Å². The summed E-state index contributed by atoms with van der Waals surface area (Å²) in [5.41, 5.74) is 6.70. The van der Waals surface area contributed by atoms with Crippen LogP contribution >= 0.6 is 0 Å². The highest BCUT2D eigenvalue weighted by Crippen LogP contribution is 2.52. The third-order valence-corrected chi connectivity index (χ3v) is 4.70. The second kappa shape index (κ2) is 4.22. The summed E-state index contributed by atoms with van der Waals surface area (Å²) in [4.78, 5) is 14.6. The van der Waals surface area contributed by atoms with Gasteiger partial charge in [0.15, 0.2) is 0 Å². The van der Waals surface area contributed by atoms with Crippen molar-refractivity contribution in [1.29, 1.82) is 0 Å². The number of carbonyl (C=O) groups excluding carboxylic acids is 1. The summed E-state index contributed by atoms with van der Waals surface area (Å²) in [7, 11) is 0. The summed E-state index contributed by atoms with van der Waals surface area (Å²) in [5, 5.41) is 0. The van der Waals surface area contributed by atoms with Crippen LogP contribution in [0.5, 0.6) is 0 Å². The Bertz CT molecular complexity index is 350. The van der Waals surface area contributed by atoms with Crippen LogP contribution in [0.15, 0.2) is 0 Å². The van der Waals surface area contributed by atoms with Crippen LogP contribution in [0.1, 0.15) is 53.9 Å². The molecule has 2 rings (SSSR count). The lowest BCUT2D eigenvalue weighted by Gasteiger charge is -2.39. The molecule has 2 unspecified atom stereocenters. The fourth-order valence-electron chi connectivity index (χ4n) is 4.19. The largest absolute Gasteiger partial charge is 0.338 e. The predicted molar refractivity (Wildman–Crippen MR) is 74.1 cm³/mol. The van der Waals surface area contributed by atoms with Gasteiger partial charge in [0.25, 0.3) is 0 Å². The molecule has 1 aliphatic heterocycles. The lowest BCUT2D eigenvalue weighted by Crippen LogP contribution is -2.48. The minimum Gasteiger partial charge on any atom is -0.338 e. The quantitative estimate of drug-likeness (QED) is 0.820. The molecule has 0 spiro atoms. The maximum Gasteiger partial charge on any atom is 0.240 e. The Morgan fingerprint density at radius 3 is 2.44 bits per heavy atom. The molecule has 2 bridgehead atoms. The fraction of sp³-hybridized carbons (Fsp3) is 0.933. The molecule has 104 valence electrons. The highest BCUT2D eigenvalue weighted by atomic mass is 16.2. The van der Waals surface area contributed by atoms with Crippen molar-refractivity contribution in [2.24, 2.45) is 22.5 Å². The molecule has 1 amide bonds. The first-order chi connectivity index (χ1) is 8.14. The number of nitrogens with two attached hydrogens (primary N) is 1. The molecular weight excluding hydrogens is 224 g/mol. The summed E-state index contributed by atoms with van der Waals surface area (Å²) in [5.74, 6) is 0.384. The summed E-state index contributed by atoms with van der Waals surface area (Å²) < 4.78 is 0. The molecule has 0 aromatic carbocycles. The SMILES string of the molecule is CC(C)[C@@H](N)C(=O)N1CC2(C)CC1CC(C)(C)C2. The van der Waals surface area contributed by atoms with Gasteiger partial charge in [-0.2, -0.15) is 0 Å². The standard InChI is InChI=1S/C15H28N2O/c1-10(2)12(16)13(18)17-9-15(5)7-11(17)6-14(3,4)8-15/h10-12H,6-9,16H2,1-5H3/t11?,12-,15?/m1/s1. The van der Waals surface area contributed by atoms with Gasteiger partial charge in [-0.05, 0) is 36.0 Å². The summed E-state index contributed by atoms with van der Waals surface area (Å²) in [6.45, 7) is 11.9. The zero-order chi connectivity index (χ0) is 13.7. The first-order valence-corrected chi connectivity index (χ1v) is 7.20. The Labute approximate surface area is 111 Å². The molecule has 3 atom stereocenters. The van der Waals surface area contributed by atoms with Crippen molar-refractivity contribution in [2.45, 2.75) is 66.0 Å². The van der Waals surface area contributed by atoms with Crippen LogP contribution in [0.3, 0.4) is 0 Å². The molecular formula is C15H28N2O. The predicted octanol–water partition coefficient (Wildman–Crippen LogP) is 2.40. The second-order valence-corrected chi connectivity index (χ2v) is 7.95. The Kier molecular flexibility index (Phi) is 3.25. The van der Waals surface area contributed by atoms with E-state index in [-0.39, 0.29) is 17.9 Å². The summed E-state index contributed by atoms with van der Waals surface area (Å²) in [6, 6.07) is 0.0760. The van der Waals surface area contributed by atoms with Crippen molar-refractivity contribution < 1.29 is 4.79 Å². The monoisotopic (exact) mass is 252 g/mol. The average molecular weight is 252 g/mol. The van der Waals surface area contributed by atoms with Crippen molar-refractivity contribution in [3.63, 3.8) is 0 Å². The Morgan fingerprint density at radius 2 is 1.89 bits per heavy atom. The first kappa shape index (κ1) is 13.9. The van der Waals surface area contributed by atoms with Gasteiger partial charge in [-0.15, -0.1) is 0 Å². The lowest BCUT2D eigenvalue weighted by molar-refractivity contribution is -0.134. The highest BCUT2D eigenvalue weighted by Gasteiger charge is 2.51. The van der Waals surface area contributed by atoms with Gasteiger partial charge in [0.05, 0.1) is 6.04 Å². The van der Waals surface area contributed by atoms with Gasteiger partial charge in [-0.25, -0.2) is 0 Å². The molecule has 0 aromatic heterocycles. The number of likely N-dealkylation sites (tertiary alicyclic amines) is 1. The third-order valence-electron chi connectivity index (χ3n) is 4.70. The van der Waals surface area contributed by atoms with Crippen LogP contribution in [0.4, 0.5) is 0 Å². The molecule has 3 nitrogen and oxygen atoms in total. The van der Waals surface area contributed by atoms with Gasteiger partial charge in [0, 0.05) is 12.6 Å². The Balaban J connectivity index is 2.16. The Morgan fingerprint density at radius 1 is 1.28 bits per heavy atom. The number of fused-ring (bicyclic) bond motifs is 2. The number of carbonyl (C=O) groups is 1. The van der Waals surface area contributed by atoms with Crippen LogP contribution in [-0.2, 0) is 4.79 Å². The Hall–Kier alpha value is -0.570. The van der Waals surface area contributed by atoms with Gasteiger partial charge in [0.2, 0.25) is 5.91 Å². The van der Waals surface area contributed by atoms with Crippen LogP contribution in [-0.4, -0.2) is 29.4 Å².